The number of anilines is 1. The normalized spacial score (nSPS) is 17.0. The summed E-state index contributed by atoms with van der Waals surface area (Å²) >= 11 is 0. The molecule has 0 aliphatic carbocycles. The van der Waals surface area contributed by atoms with Crippen LogP contribution >= 0.6 is 0 Å². The first-order valence-corrected chi connectivity index (χ1v) is 7.76. The van der Waals surface area contributed by atoms with Gasteiger partial charge >= 0.3 is 0 Å². The minimum Gasteiger partial charge on any atom is -0.382 e. The van der Waals surface area contributed by atoms with Crippen LogP contribution in [0.25, 0.3) is 10.9 Å². The summed E-state index contributed by atoms with van der Waals surface area (Å²) < 4.78 is 0. The molecule has 0 saturated carbocycles. The van der Waals surface area contributed by atoms with Gasteiger partial charge < -0.3 is 5.32 Å². The van der Waals surface area contributed by atoms with Gasteiger partial charge in [-0.1, -0.05) is 11.6 Å². The highest BCUT2D eigenvalue weighted by molar-refractivity contribution is 5.81. The second kappa shape index (κ2) is 6.31. The van der Waals surface area contributed by atoms with E-state index in [1.807, 2.05) is 6.20 Å². The van der Waals surface area contributed by atoms with E-state index in [4.69, 9.17) is 0 Å². The molecule has 2 N–H and O–H groups in total. The fourth-order valence-electron chi connectivity index (χ4n) is 2.84. The number of aromatic amines is 1. The first kappa shape index (κ1) is 14.1. The van der Waals surface area contributed by atoms with Crippen molar-refractivity contribution < 1.29 is 0 Å². The maximum absolute atomic E-state index is 4.07. The van der Waals surface area contributed by atoms with Crippen LogP contribution in [0.1, 0.15) is 26.7 Å². The van der Waals surface area contributed by atoms with Crippen LogP contribution in [0.5, 0.6) is 0 Å². The summed E-state index contributed by atoms with van der Waals surface area (Å²) in [5.41, 5.74) is 3.70. The first-order chi connectivity index (χ1) is 10.2. The van der Waals surface area contributed by atoms with E-state index in [1.54, 1.807) is 0 Å². The number of H-pyrrole nitrogens is 1. The van der Waals surface area contributed by atoms with Crippen molar-refractivity contribution >= 4 is 16.6 Å². The number of allylic oxidation sites excluding steroid dienone is 1. The standard InChI is InChI=1S/C17H24N4/c1-13(2)5-8-21-9-6-15(7-10-21)19-16-3-4-17-14(11-16)12-18-20-17/h3-5,11-12,15,19H,6-10H2,1-2H3,(H,18,20). The fourth-order valence-corrected chi connectivity index (χ4v) is 2.84. The molecule has 4 heteroatoms. The lowest BCUT2D eigenvalue weighted by atomic mass is 10.0. The summed E-state index contributed by atoms with van der Waals surface area (Å²) in [5.74, 6) is 0. The highest BCUT2D eigenvalue weighted by Crippen LogP contribution is 2.20. The van der Waals surface area contributed by atoms with E-state index < -0.39 is 0 Å². The van der Waals surface area contributed by atoms with Crippen LogP contribution in [0, 0.1) is 0 Å². The average Bonchev–Trinajstić information content (AvgIpc) is 2.94. The number of hydrogen-bond donors (Lipinski definition) is 2. The smallest absolute Gasteiger partial charge is 0.0651 e. The number of aromatic nitrogens is 2. The molecule has 0 unspecified atom stereocenters. The molecule has 0 bridgehead atoms. The minimum absolute atomic E-state index is 0.581. The zero-order chi connectivity index (χ0) is 14.7. The topological polar surface area (TPSA) is 44.0 Å². The van der Waals surface area contributed by atoms with Crippen LogP contribution in [-0.2, 0) is 0 Å². The molecule has 2 heterocycles. The van der Waals surface area contributed by atoms with Crippen LogP contribution in [0.2, 0.25) is 0 Å². The molecule has 0 atom stereocenters. The van der Waals surface area contributed by atoms with Crippen LogP contribution in [0.4, 0.5) is 5.69 Å². The van der Waals surface area contributed by atoms with Crippen LogP contribution in [-0.4, -0.2) is 40.8 Å². The maximum atomic E-state index is 4.07. The molecule has 0 radical (unpaired) electrons. The lowest BCUT2D eigenvalue weighted by molar-refractivity contribution is 0.240. The Morgan fingerprint density at radius 1 is 1.38 bits per heavy atom. The van der Waals surface area contributed by atoms with Crippen molar-refractivity contribution in [3.63, 3.8) is 0 Å². The van der Waals surface area contributed by atoms with E-state index in [0.717, 1.165) is 12.1 Å². The van der Waals surface area contributed by atoms with E-state index in [0.29, 0.717) is 6.04 Å². The Hall–Kier alpha value is -1.81. The molecule has 21 heavy (non-hydrogen) atoms. The summed E-state index contributed by atoms with van der Waals surface area (Å²) in [5, 5.41) is 11.9. The van der Waals surface area contributed by atoms with E-state index in [2.05, 4.69) is 58.5 Å². The van der Waals surface area contributed by atoms with E-state index in [1.165, 1.54) is 42.6 Å². The number of piperidine rings is 1. The number of likely N-dealkylation sites (tertiary alicyclic amines) is 1. The Morgan fingerprint density at radius 3 is 2.95 bits per heavy atom. The molecule has 1 aromatic carbocycles. The molecular formula is C17H24N4. The van der Waals surface area contributed by atoms with E-state index in [-0.39, 0.29) is 0 Å². The van der Waals surface area contributed by atoms with Crippen molar-refractivity contribution in [1.82, 2.24) is 15.1 Å². The number of hydrogen-bond acceptors (Lipinski definition) is 3. The Labute approximate surface area is 126 Å². The fraction of sp³-hybridized carbons (Fsp3) is 0.471. The summed E-state index contributed by atoms with van der Waals surface area (Å²) in [6.45, 7) is 7.78. The van der Waals surface area contributed by atoms with E-state index in [9.17, 15) is 0 Å². The molecule has 1 fully saturated rings. The minimum atomic E-state index is 0.581. The Balaban J connectivity index is 1.54. The van der Waals surface area contributed by atoms with Crippen molar-refractivity contribution in [3.8, 4) is 0 Å². The van der Waals surface area contributed by atoms with Gasteiger partial charge in [-0.15, -0.1) is 0 Å². The predicted octanol–water partition coefficient (Wildman–Crippen LogP) is 3.41. The van der Waals surface area contributed by atoms with Gasteiger partial charge in [0.15, 0.2) is 0 Å². The summed E-state index contributed by atoms with van der Waals surface area (Å²) in [6, 6.07) is 6.98. The zero-order valence-electron chi connectivity index (χ0n) is 12.9. The lowest BCUT2D eigenvalue weighted by Crippen LogP contribution is -2.39. The second-order valence-electron chi connectivity index (χ2n) is 6.17. The van der Waals surface area contributed by atoms with Crippen LogP contribution < -0.4 is 5.32 Å². The average molecular weight is 284 g/mol. The van der Waals surface area contributed by atoms with Crippen molar-refractivity contribution in [2.24, 2.45) is 0 Å². The third-order valence-electron chi connectivity index (χ3n) is 4.16. The van der Waals surface area contributed by atoms with Gasteiger partial charge in [-0.05, 0) is 44.9 Å². The third kappa shape index (κ3) is 3.64. The lowest BCUT2D eigenvalue weighted by Gasteiger charge is -2.32. The summed E-state index contributed by atoms with van der Waals surface area (Å²) in [6.07, 6.45) is 6.61. The Morgan fingerprint density at radius 2 is 2.19 bits per heavy atom. The van der Waals surface area contributed by atoms with Crippen molar-refractivity contribution in [2.75, 3.05) is 25.0 Å². The third-order valence-corrected chi connectivity index (χ3v) is 4.16. The van der Waals surface area contributed by atoms with Gasteiger partial charge in [0.05, 0.1) is 11.7 Å². The first-order valence-electron chi connectivity index (χ1n) is 7.76. The van der Waals surface area contributed by atoms with Gasteiger partial charge in [-0.25, -0.2) is 0 Å². The van der Waals surface area contributed by atoms with Crippen LogP contribution in [0.15, 0.2) is 36.0 Å². The highest BCUT2D eigenvalue weighted by atomic mass is 15.1. The SMILES string of the molecule is CC(C)=CCN1CCC(Nc2ccc3[nH]ncc3c2)CC1. The number of nitrogens with zero attached hydrogens (tertiary/aromatic N) is 2. The molecule has 112 valence electrons. The van der Waals surface area contributed by atoms with Crippen molar-refractivity contribution in [3.05, 3.63) is 36.0 Å². The molecule has 0 spiro atoms. The zero-order valence-corrected chi connectivity index (χ0v) is 12.9. The van der Waals surface area contributed by atoms with Gasteiger partial charge in [0.2, 0.25) is 0 Å². The Kier molecular flexibility index (Phi) is 4.25. The maximum Gasteiger partial charge on any atom is 0.0651 e. The molecule has 1 aliphatic rings. The quantitative estimate of drug-likeness (QED) is 0.846. The Bertz CT molecular complexity index is 617. The number of rotatable bonds is 4. The molecular weight excluding hydrogens is 260 g/mol. The molecule has 1 saturated heterocycles. The molecule has 4 nitrogen and oxygen atoms in total. The van der Waals surface area contributed by atoms with Crippen molar-refractivity contribution in [2.45, 2.75) is 32.7 Å². The molecule has 2 aromatic rings. The van der Waals surface area contributed by atoms with Crippen molar-refractivity contribution in [1.29, 1.82) is 0 Å². The summed E-state index contributed by atoms with van der Waals surface area (Å²) in [7, 11) is 0. The van der Waals surface area contributed by atoms with E-state index >= 15 is 0 Å². The molecule has 1 aromatic heterocycles. The molecule has 0 amide bonds. The van der Waals surface area contributed by atoms with Gasteiger partial charge in [0, 0.05) is 36.7 Å². The van der Waals surface area contributed by atoms with Crippen LogP contribution in [0.3, 0.4) is 0 Å². The largest absolute Gasteiger partial charge is 0.382 e. The number of benzene rings is 1. The number of fused-ring (bicyclic) bond motifs is 1. The highest BCUT2D eigenvalue weighted by Gasteiger charge is 2.18. The second-order valence-corrected chi connectivity index (χ2v) is 6.17. The van der Waals surface area contributed by atoms with Gasteiger partial charge in [0.1, 0.15) is 0 Å². The molecule has 1 aliphatic heterocycles. The van der Waals surface area contributed by atoms with Gasteiger partial charge in [-0.2, -0.15) is 5.10 Å². The summed E-state index contributed by atoms with van der Waals surface area (Å²) in [4.78, 5) is 2.53. The van der Waals surface area contributed by atoms with Gasteiger partial charge in [-0.3, -0.25) is 10.00 Å². The number of nitrogens with one attached hydrogen (secondary N) is 2. The van der Waals surface area contributed by atoms with Gasteiger partial charge in [0.25, 0.3) is 0 Å². The predicted molar refractivity (Wildman–Crippen MR) is 88.6 cm³/mol. The molecule has 3 rings (SSSR count). The monoisotopic (exact) mass is 284 g/mol.